The van der Waals surface area contributed by atoms with E-state index in [4.69, 9.17) is 19.4 Å². The molecular formula is C39H33B10N3OS. The standard InChI is InChI=1S/C39H33B10N3OS/c40-25-23(26(41)30(45)33(48)29(25)44)38-50-37(51-39(52-38)24-27(42)31(46)34(49)32(47)28(24)43)19-11-5-12-20-22(19)18-10-3-7-15(35(18)53-20)17-9-4-8-16-14-6-1-2-13-21(14)54-36(16)17/h1-13H,40-49H2. The fourth-order valence-electron chi connectivity index (χ4n) is 8.60. The van der Waals surface area contributed by atoms with Crippen molar-refractivity contribution in [2.45, 2.75) is 0 Å². The number of hydrogen-bond donors (Lipinski definition) is 0. The number of fused-ring (bicyclic) bond motifs is 6. The van der Waals surface area contributed by atoms with Crippen molar-refractivity contribution in [2.75, 3.05) is 0 Å². The van der Waals surface area contributed by atoms with Crippen LogP contribution in [-0.2, 0) is 0 Å². The maximum atomic E-state index is 6.85. The van der Waals surface area contributed by atoms with E-state index in [0.29, 0.717) is 17.5 Å². The second-order valence-corrected chi connectivity index (χ2v) is 16.1. The summed E-state index contributed by atoms with van der Waals surface area (Å²) in [5.41, 5.74) is 19.6. The van der Waals surface area contributed by atoms with E-state index in [0.717, 1.165) is 44.2 Å². The number of hydrogen-bond acceptors (Lipinski definition) is 5. The van der Waals surface area contributed by atoms with Gasteiger partial charge in [-0.15, -0.1) is 44.1 Å². The van der Waals surface area contributed by atoms with Crippen molar-refractivity contribution in [3.63, 3.8) is 0 Å². The Morgan fingerprint density at radius 1 is 0.407 bits per heavy atom. The van der Waals surface area contributed by atoms with Crippen molar-refractivity contribution in [2.24, 2.45) is 0 Å². The number of nitrogens with zero attached hydrogens (tertiary/aromatic N) is 3. The molecule has 3 heterocycles. The van der Waals surface area contributed by atoms with Gasteiger partial charge in [-0.1, -0.05) is 88.6 Å². The van der Waals surface area contributed by atoms with Gasteiger partial charge in [-0.3, -0.25) is 0 Å². The zero-order valence-corrected chi connectivity index (χ0v) is 33.5. The highest BCUT2D eigenvalue weighted by Gasteiger charge is 2.24. The lowest BCUT2D eigenvalue weighted by molar-refractivity contribution is 0.670. The van der Waals surface area contributed by atoms with Gasteiger partial charge in [-0.25, -0.2) is 15.0 Å². The monoisotopic (exact) mass is 701 g/mol. The number of thiophene rings is 1. The minimum atomic E-state index is 0.643. The Balaban J connectivity index is 1.34. The molecule has 0 aliphatic heterocycles. The molecule has 9 rings (SSSR count). The Hall–Kier alpha value is -5.00. The normalized spacial score (nSPS) is 11.7. The number of aromatic nitrogens is 3. The van der Waals surface area contributed by atoms with E-state index < -0.39 is 0 Å². The predicted molar refractivity (Wildman–Crippen MR) is 264 cm³/mol. The fraction of sp³-hybridized carbons (Fsp3) is 0. The Morgan fingerprint density at radius 3 is 1.48 bits per heavy atom. The lowest BCUT2D eigenvalue weighted by Gasteiger charge is -2.22. The van der Waals surface area contributed by atoms with Gasteiger partial charge < -0.3 is 4.42 Å². The molecular weight excluding hydrogens is 667 g/mol. The van der Waals surface area contributed by atoms with Crippen LogP contribution in [0.2, 0.25) is 0 Å². The zero-order valence-electron chi connectivity index (χ0n) is 32.7. The molecule has 246 valence electrons. The summed E-state index contributed by atoms with van der Waals surface area (Å²) < 4.78 is 9.40. The molecule has 0 bridgehead atoms. The lowest BCUT2D eigenvalue weighted by atomic mass is 9.60. The fourth-order valence-corrected chi connectivity index (χ4v) is 9.83. The van der Waals surface area contributed by atoms with E-state index in [2.05, 4.69) is 157 Å². The van der Waals surface area contributed by atoms with Crippen LogP contribution in [0.4, 0.5) is 0 Å². The van der Waals surface area contributed by atoms with Gasteiger partial charge in [0.1, 0.15) is 89.6 Å². The number of benzene rings is 6. The molecule has 0 saturated carbocycles. The predicted octanol–water partition coefficient (Wildman–Crippen LogP) is -6.61. The molecule has 6 aromatic carbocycles. The summed E-state index contributed by atoms with van der Waals surface area (Å²) in [7, 11) is 22.1. The first-order valence-electron chi connectivity index (χ1n) is 18.7. The average molecular weight is 700 g/mol. The van der Waals surface area contributed by atoms with Crippen LogP contribution in [0.1, 0.15) is 0 Å². The minimum Gasteiger partial charge on any atom is -0.455 e. The summed E-state index contributed by atoms with van der Waals surface area (Å²) in [6.45, 7) is 0. The van der Waals surface area contributed by atoms with Crippen LogP contribution in [0.15, 0.2) is 83.3 Å². The first-order chi connectivity index (χ1) is 26.0. The lowest BCUT2D eigenvalue weighted by Crippen LogP contribution is -2.55. The Labute approximate surface area is 328 Å². The molecule has 0 aliphatic rings. The summed E-state index contributed by atoms with van der Waals surface area (Å²) >= 11 is 1.84. The molecule has 15 heteroatoms. The molecule has 0 fully saturated rings. The van der Waals surface area contributed by atoms with Crippen LogP contribution >= 0.6 is 11.3 Å². The highest BCUT2D eigenvalue weighted by molar-refractivity contribution is 7.26. The molecule has 0 atom stereocenters. The average Bonchev–Trinajstić information content (AvgIpc) is 3.77. The Bertz CT molecular complexity index is 2940. The highest BCUT2D eigenvalue weighted by Crippen LogP contribution is 2.44. The van der Waals surface area contributed by atoms with Crippen molar-refractivity contribution in [3.05, 3.63) is 78.9 Å². The summed E-state index contributed by atoms with van der Waals surface area (Å²) in [6, 6.07) is 28.0. The minimum absolute atomic E-state index is 0.643. The van der Waals surface area contributed by atoms with Crippen molar-refractivity contribution in [1.29, 1.82) is 0 Å². The molecule has 0 amide bonds. The van der Waals surface area contributed by atoms with E-state index >= 15 is 0 Å². The Kier molecular flexibility index (Phi) is 8.24. The molecule has 54 heavy (non-hydrogen) atoms. The number of rotatable bonds is 4. The largest absolute Gasteiger partial charge is 0.455 e. The Morgan fingerprint density at radius 2 is 0.870 bits per heavy atom. The maximum Gasteiger partial charge on any atom is 0.164 e. The van der Waals surface area contributed by atoms with E-state index in [1.807, 2.05) is 11.3 Å². The zero-order chi connectivity index (χ0) is 37.7. The molecule has 0 N–H and O–H groups in total. The van der Waals surface area contributed by atoms with Gasteiger partial charge in [0.25, 0.3) is 0 Å². The number of furan rings is 1. The van der Waals surface area contributed by atoms with Crippen LogP contribution in [0.3, 0.4) is 0 Å². The summed E-state index contributed by atoms with van der Waals surface area (Å²) in [6.07, 6.45) is 0. The van der Waals surface area contributed by atoms with Gasteiger partial charge in [0.2, 0.25) is 0 Å². The van der Waals surface area contributed by atoms with Crippen LogP contribution in [0.5, 0.6) is 0 Å². The van der Waals surface area contributed by atoms with E-state index in [1.165, 1.54) is 80.4 Å². The van der Waals surface area contributed by atoms with E-state index in [9.17, 15) is 0 Å². The molecule has 3 aromatic heterocycles. The smallest absolute Gasteiger partial charge is 0.164 e. The topological polar surface area (TPSA) is 51.8 Å². The third-order valence-electron chi connectivity index (χ3n) is 12.5. The first kappa shape index (κ1) is 34.7. The van der Waals surface area contributed by atoms with Crippen LogP contribution in [0, 0.1) is 0 Å². The molecule has 0 aliphatic carbocycles. The van der Waals surface area contributed by atoms with Crippen molar-refractivity contribution in [1.82, 2.24) is 15.0 Å². The first-order valence-corrected chi connectivity index (χ1v) is 19.5. The quantitative estimate of drug-likeness (QED) is 0.172. The van der Waals surface area contributed by atoms with Crippen molar-refractivity contribution in [3.8, 4) is 45.3 Å². The molecule has 0 unspecified atom stereocenters. The van der Waals surface area contributed by atoms with Crippen molar-refractivity contribution < 1.29 is 4.42 Å². The number of para-hydroxylation sites is 1. The van der Waals surface area contributed by atoms with Gasteiger partial charge in [0, 0.05) is 58.8 Å². The van der Waals surface area contributed by atoms with Gasteiger partial charge >= 0.3 is 0 Å². The SMILES string of the molecule is Bc1c(B)c(B)c(-c2nc(-c3c(B)c(B)c(B)c(B)c3B)nc(-c3cccc4oc5c(-c6cccc7c6sc6ccccc67)cccc5c34)n2)c(B)c1B. The third-order valence-corrected chi connectivity index (χ3v) is 13.8. The van der Waals surface area contributed by atoms with E-state index in [1.54, 1.807) is 0 Å². The molecule has 0 saturated heterocycles. The molecule has 0 spiro atoms. The summed E-state index contributed by atoms with van der Waals surface area (Å²) in [5, 5.41) is 4.61. The summed E-state index contributed by atoms with van der Waals surface area (Å²) in [4.78, 5) is 16.1. The third kappa shape index (κ3) is 5.07. The second kappa shape index (κ2) is 12.8. The van der Waals surface area contributed by atoms with Crippen LogP contribution in [-0.4, -0.2) is 93.4 Å². The highest BCUT2D eigenvalue weighted by atomic mass is 32.1. The van der Waals surface area contributed by atoms with E-state index in [-0.39, 0.29) is 0 Å². The van der Waals surface area contributed by atoms with Gasteiger partial charge in [0.15, 0.2) is 17.5 Å². The van der Waals surface area contributed by atoms with Crippen LogP contribution < -0.4 is 54.6 Å². The van der Waals surface area contributed by atoms with Crippen LogP contribution in [0.25, 0.3) is 87.4 Å². The van der Waals surface area contributed by atoms with Gasteiger partial charge in [-0.2, -0.15) is 0 Å². The maximum absolute atomic E-state index is 6.85. The molecule has 4 nitrogen and oxygen atoms in total. The van der Waals surface area contributed by atoms with Gasteiger partial charge in [0.05, 0.1) is 0 Å². The molecule has 0 radical (unpaired) electrons. The van der Waals surface area contributed by atoms with Crippen molar-refractivity contribution >= 4 is 187 Å². The van der Waals surface area contributed by atoms with Gasteiger partial charge in [-0.05, 0) is 12.1 Å². The summed E-state index contributed by atoms with van der Waals surface area (Å²) in [5.74, 6) is 2.05. The molecule has 9 aromatic rings. The second-order valence-electron chi connectivity index (χ2n) is 15.0.